The summed E-state index contributed by atoms with van der Waals surface area (Å²) in [6.45, 7) is 3.65. The van der Waals surface area contributed by atoms with Crippen LogP contribution in [0, 0.1) is 12.8 Å². The van der Waals surface area contributed by atoms with Gasteiger partial charge in [0.25, 0.3) is 0 Å². The summed E-state index contributed by atoms with van der Waals surface area (Å²) >= 11 is 0. The van der Waals surface area contributed by atoms with Crippen LogP contribution in [0.5, 0.6) is 0 Å². The van der Waals surface area contributed by atoms with Crippen molar-refractivity contribution in [3.8, 4) is 0 Å². The van der Waals surface area contributed by atoms with E-state index in [1.165, 1.54) is 0 Å². The topological polar surface area (TPSA) is 83.6 Å². The molecule has 0 bridgehead atoms. The van der Waals surface area contributed by atoms with Crippen LogP contribution in [0.2, 0.25) is 0 Å². The molecule has 1 heterocycles. The molecular weight excluding hydrogens is 248 g/mol. The quantitative estimate of drug-likeness (QED) is 0.837. The van der Waals surface area contributed by atoms with E-state index in [4.69, 9.17) is 9.63 Å². The Morgan fingerprint density at radius 1 is 1.58 bits per heavy atom. The average molecular weight is 266 g/mol. The van der Waals surface area contributed by atoms with Crippen LogP contribution in [-0.4, -0.2) is 39.6 Å². The van der Waals surface area contributed by atoms with Gasteiger partial charge >= 0.3 is 5.97 Å². The molecule has 1 amide bonds. The van der Waals surface area contributed by atoms with Gasteiger partial charge in [-0.05, 0) is 19.8 Å². The third-order valence-corrected chi connectivity index (χ3v) is 3.21. The monoisotopic (exact) mass is 266 g/mol. The zero-order valence-electron chi connectivity index (χ0n) is 11.1. The summed E-state index contributed by atoms with van der Waals surface area (Å²) < 4.78 is 4.93. The maximum absolute atomic E-state index is 12.2. The van der Waals surface area contributed by atoms with Gasteiger partial charge in [0.05, 0.1) is 18.0 Å². The second kappa shape index (κ2) is 5.42. The summed E-state index contributed by atoms with van der Waals surface area (Å²) in [4.78, 5) is 24.8. The van der Waals surface area contributed by atoms with E-state index in [-0.39, 0.29) is 24.9 Å². The van der Waals surface area contributed by atoms with Crippen LogP contribution in [0.25, 0.3) is 0 Å². The fourth-order valence-electron chi connectivity index (χ4n) is 1.97. The van der Waals surface area contributed by atoms with Crippen molar-refractivity contribution in [1.82, 2.24) is 10.1 Å². The number of aliphatic carboxylic acids is 1. The number of carboxylic acid groups (broad SMARTS) is 1. The Morgan fingerprint density at radius 2 is 2.26 bits per heavy atom. The number of carbonyl (C=O) groups excluding carboxylic acids is 1. The van der Waals surface area contributed by atoms with Gasteiger partial charge in [0.2, 0.25) is 5.91 Å². The van der Waals surface area contributed by atoms with Crippen molar-refractivity contribution in [2.75, 3.05) is 6.54 Å². The molecule has 104 valence electrons. The number of aryl methyl sites for hydroxylation is 1. The van der Waals surface area contributed by atoms with Gasteiger partial charge in [-0.2, -0.15) is 0 Å². The minimum absolute atomic E-state index is 0.0797. The van der Waals surface area contributed by atoms with Crippen LogP contribution in [-0.2, 0) is 16.0 Å². The number of nitrogens with zero attached hydrogens (tertiary/aromatic N) is 2. The minimum atomic E-state index is -0.879. The van der Waals surface area contributed by atoms with Crippen molar-refractivity contribution in [2.24, 2.45) is 5.92 Å². The molecule has 0 aromatic carbocycles. The zero-order valence-corrected chi connectivity index (χ0v) is 11.1. The highest BCUT2D eigenvalue weighted by atomic mass is 16.5. The lowest BCUT2D eigenvalue weighted by Gasteiger charge is -2.24. The lowest BCUT2D eigenvalue weighted by molar-refractivity contribution is -0.143. The third kappa shape index (κ3) is 3.56. The number of rotatable bonds is 6. The van der Waals surface area contributed by atoms with Crippen LogP contribution in [0.1, 0.15) is 31.2 Å². The summed E-state index contributed by atoms with van der Waals surface area (Å²) in [5, 5.41) is 12.7. The standard InChI is InChI=1S/C13H18N2O4/c1-8(13(17)18)7-15(11-3-4-11)12(16)6-10-5-9(2)19-14-10/h5,8,11H,3-4,6-7H2,1-2H3,(H,17,18). The zero-order chi connectivity index (χ0) is 14.0. The average Bonchev–Trinajstić information content (AvgIpc) is 3.10. The third-order valence-electron chi connectivity index (χ3n) is 3.21. The van der Waals surface area contributed by atoms with Gasteiger partial charge in [-0.3, -0.25) is 9.59 Å². The lowest BCUT2D eigenvalue weighted by atomic mass is 10.1. The number of hydrogen-bond acceptors (Lipinski definition) is 4. The molecule has 1 aliphatic carbocycles. The predicted octanol–water partition coefficient (Wildman–Crippen LogP) is 1.24. The van der Waals surface area contributed by atoms with E-state index in [1.54, 1.807) is 24.8 Å². The van der Waals surface area contributed by atoms with Gasteiger partial charge in [0.1, 0.15) is 5.76 Å². The number of carbonyl (C=O) groups is 2. The second-order valence-corrected chi connectivity index (χ2v) is 5.12. The first kappa shape index (κ1) is 13.6. The molecular formula is C13H18N2O4. The normalized spacial score (nSPS) is 16.1. The number of carboxylic acids is 1. The van der Waals surface area contributed by atoms with E-state index in [0.29, 0.717) is 11.5 Å². The molecule has 6 nitrogen and oxygen atoms in total. The Labute approximate surface area is 111 Å². The van der Waals surface area contributed by atoms with Gasteiger partial charge in [-0.25, -0.2) is 0 Å². The van der Waals surface area contributed by atoms with Crippen LogP contribution < -0.4 is 0 Å². The number of amides is 1. The summed E-state index contributed by atoms with van der Waals surface area (Å²) in [5.41, 5.74) is 0.594. The van der Waals surface area contributed by atoms with Gasteiger partial charge in [-0.15, -0.1) is 0 Å². The summed E-state index contributed by atoms with van der Waals surface area (Å²) in [5.74, 6) is -0.845. The van der Waals surface area contributed by atoms with Crippen molar-refractivity contribution in [3.63, 3.8) is 0 Å². The van der Waals surface area contributed by atoms with Crippen molar-refractivity contribution < 1.29 is 19.2 Å². The minimum Gasteiger partial charge on any atom is -0.481 e. The van der Waals surface area contributed by atoms with E-state index >= 15 is 0 Å². The van der Waals surface area contributed by atoms with E-state index < -0.39 is 11.9 Å². The molecule has 0 spiro atoms. The maximum atomic E-state index is 12.2. The van der Waals surface area contributed by atoms with E-state index in [9.17, 15) is 9.59 Å². The second-order valence-electron chi connectivity index (χ2n) is 5.12. The molecule has 1 saturated carbocycles. The van der Waals surface area contributed by atoms with Crippen molar-refractivity contribution in [1.29, 1.82) is 0 Å². The summed E-state index contributed by atoms with van der Waals surface area (Å²) in [6, 6.07) is 1.92. The SMILES string of the molecule is Cc1cc(CC(=O)N(CC(C)C(=O)O)C2CC2)no1. The van der Waals surface area contributed by atoms with Gasteiger partial charge in [-0.1, -0.05) is 12.1 Å². The van der Waals surface area contributed by atoms with Gasteiger partial charge in [0.15, 0.2) is 0 Å². The molecule has 0 saturated heterocycles. The molecule has 1 aromatic heterocycles. The molecule has 1 N–H and O–H groups in total. The maximum Gasteiger partial charge on any atom is 0.308 e. The molecule has 1 aromatic rings. The highest BCUT2D eigenvalue weighted by molar-refractivity contribution is 5.80. The number of aromatic nitrogens is 1. The Morgan fingerprint density at radius 3 is 2.74 bits per heavy atom. The highest BCUT2D eigenvalue weighted by Crippen LogP contribution is 2.28. The molecule has 2 rings (SSSR count). The van der Waals surface area contributed by atoms with Crippen LogP contribution in [0.15, 0.2) is 10.6 Å². The Balaban J connectivity index is 1.98. The van der Waals surface area contributed by atoms with E-state index in [2.05, 4.69) is 5.16 Å². The van der Waals surface area contributed by atoms with Gasteiger partial charge in [0, 0.05) is 18.7 Å². The molecule has 0 aliphatic heterocycles. The first-order valence-corrected chi connectivity index (χ1v) is 6.42. The summed E-state index contributed by atoms with van der Waals surface area (Å²) in [7, 11) is 0. The predicted molar refractivity (Wildman–Crippen MR) is 66.5 cm³/mol. The summed E-state index contributed by atoms with van der Waals surface area (Å²) in [6.07, 6.45) is 2.08. The van der Waals surface area contributed by atoms with Crippen molar-refractivity contribution in [2.45, 2.75) is 39.2 Å². The fraction of sp³-hybridized carbons (Fsp3) is 0.615. The highest BCUT2D eigenvalue weighted by Gasteiger charge is 2.34. The van der Waals surface area contributed by atoms with Crippen LogP contribution in [0.3, 0.4) is 0 Å². The lowest BCUT2D eigenvalue weighted by Crippen LogP contribution is -2.39. The molecule has 1 unspecified atom stereocenters. The van der Waals surface area contributed by atoms with Crippen LogP contribution in [0.4, 0.5) is 0 Å². The van der Waals surface area contributed by atoms with E-state index in [0.717, 1.165) is 12.8 Å². The molecule has 1 atom stereocenters. The molecule has 1 aliphatic rings. The van der Waals surface area contributed by atoms with Crippen molar-refractivity contribution in [3.05, 3.63) is 17.5 Å². The first-order chi connectivity index (χ1) is 8.97. The van der Waals surface area contributed by atoms with Crippen LogP contribution >= 0.6 is 0 Å². The fourth-order valence-corrected chi connectivity index (χ4v) is 1.97. The Bertz CT molecular complexity index is 479. The number of hydrogen-bond donors (Lipinski definition) is 1. The molecule has 1 fully saturated rings. The van der Waals surface area contributed by atoms with Crippen molar-refractivity contribution >= 4 is 11.9 Å². The largest absolute Gasteiger partial charge is 0.481 e. The Kier molecular flexibility index (Phi) is 3.87. The smallest absolute Gasteiger partial charge is 0.308 e. The van der Waals surface area contributed by atoms with E-state index in [1.807, 2.05) is 0 Å². The Hall–Kier alpha value is -1.85. The molecule has 0 radical (unpaired) electrons. The first-order valence-electron chi connectivity index (χ1n) is 6.42. The molecule has 19 heavy (non-hydrogen) atoms. The molecule has 6 heteroatoms. The van der Waals surface area contributed by atoms with Gasteiger partial charge < -0.3 is 14.5 Å².